The van der Waals surface area contributed by atoms with Crippen molar-refractivity contribution in [3.05, 3.63) is 34.6 Å². The number of rotatable bonds is 1. The largest absolute Gasteiger partial charge is 0.385 e. The number of benzene rings is 1. The van der Waals surface area contributed by atoms with Crippen molar-refractivity contribution < 1.29 is 9.50 Å². The second-order valence-corrected chi connectivity index (χ2v) is 6.14. The van der Waals surface area contributed by atoms with Gasteiger partial charge in [-0.2, -0.15) is 0 Å². The molecule has 3 atom stereocenters. The van der Waals surface area contributed by atoms with Gasteiger partial charge in [-0.1, -0.05) is 19.9 Å². The third-order valence-corrected chi connectivity index (χ3v) is 4.45. The van der Waals surface area contributed by atoms with Crippen molar-refractivity contribution in [3.8, 4) is 0 Å². The summed E-state index contributed by atoms with van der Waals surface area (Å²) in [6.07, 6.45) is 2.59. The van der Waals surface area contributed by atoms with E-state index in [1.54, 1.807) is 0 Å². The normalized spacial score (nSPS) is 32.6. The van der Waals surface area contributed by atoms with Crippen molar-refractivity contribution in [2.45, 2.75) is 52.6 Å². The molecule has 1 aromatic rings. The first-order chi connectivity index (χ1) is 8.34. The Morgan fingerprint density at radius 1 is 1.28 bits per heavy atom. The third kappa shape index (κ3) is 2.18. The highest BCUT2D eigenvalue weighted by Crippen LogP contribution is 2.45. The Morgan fingerprint density at radius 2 is 1.94 bits per heavy atom. The summed E-state index contributed by atoms with van der Waals surface area (Å²) in [6.45, 7) is 8.02. The molecule has 1 saturated carbocycles. The highest BCUT2D eigenvalue weighted by molar-refractivity contribution is 5.37. The van der Waals surface area contributed by atoms with Crippen LogP contribution >= 0.6 is 0 Å². The molecule has 1 aliphatic rings. The molecule has 100 valence electrons. The van der Waals surface area contributed by atoms with Crippen LogP contribution in [0.4, 0.5) is 4.39 Å². The number of hydrogen-bond donors (Lipinski definition) is 1. The van der Waals surface area contributed by atoms with Gasteiger partial charge in [-0.15, -0.1) is 0 Å². The molecule has 2 heteroatoms. The Balaban J connectivity index is 2.47. The third-order valence-electron chi connectivity index (χ3n) is 4.45. The summed E-state index contributed by atoms with van der Waals surface area (Å²) in [5.74, 6) is 0.475. The number of aliphatic hydroxyl groups is 1. The zero-order valence-electron chi connectivity index (χ0n) is 11.8. The second kappa shape index (κ2) is 4.65. The SMILES string of the molecule is Cc1cc(C)c(C2(O)CCC(C)CC2C)c(F)c1. The van der Waals surface area contributed by atoms with Crippen LogP contribution in [0.2, 0.25) is 0 Å². The van der Waals surface area contributed by atoms with Crippen molar-refractivity contribution in [1.29, 1.82) is 0 Å². The second-order valence-electron chi connectivity index (χ2n) is 6.14. The molecular formula is C16H23FO. The minimum absolute atomic E-state index is 0.108. The summed E-state index contributed by atoms with van der Waals surface area (Å²) < 4.78 is 14.3. The molecule has 1 aliphatic carbocycles. The summed E-state index contributed by atoms with van der Waals surface area (Å²) >= 11 is 0. The maximum Gasteiger partial charge on any atom is 0.129 e. The maximum atomic E-state index is 14.3. The van der Waals surface area contributed by atoms with Crippen LogP contribution in [0, 0.1) is 31.5 Å². The summed E-state index contributed by atoms with van der Waals surface area (Å²) in [4.78, 5) is 0. The van der Waals surface area contributed by atoms with Gasteiger partial charge in [0.25, 0.3) is 0 Å². The van der Waals surface area contributed by atoms with Crippen LogP contribution in [0.25, 0.3) is 0 Å². The van der Waals surface area contributed by atoms with Crippen LogP contribution in [-0.4, -0.2) is 5.11 Å². The van der Waals surface area contributed by atoms with E-state index in [-0.39, 0.29) is 11.7 Å². The molecule has 1 N–H and O–H groups in total. The van der Waals surface area contributed by atoms with E-state index < -0.39 is 5.60 Å². The van der Waals surface area contributed by atoms with Crippen LogP contribution in [0.5, 0.6) is 0 Å². The van der Waals surface area contributed by atoms with Gasteiger partial charge in [0.1, 0.15) is 5.82 Å². The van der Waals surface area contributed by atoms with E-state index in [1.807, 2.05) is 26.8 Å². The van der Waals surface area contributed by atoms with Crippen molar-refractivity contribution in [1.82, 2.24) is 0 Å². The molecule has 3 unspecified atom stereocenters. The fourth-order valence-corrected chi connectivity index (χ4v) is 3.46. The maximum absolute atomic E-state index is 14.3. The zero-order valence-corrected chi connectivity index (χ0v) is 11.8. The topological polar surface area (TPSA) is 20.2 Å². The standard InChI is InChI=1S/C16H23FO/c1-10-5-6-16(18,13(4)8-10)15-12(3)7-11(2)9-14(15)17/h7,9-10,13,18H,5-6,8H2,1-4H3. The fraction of sp³-hybridized carbons (Fsp3) is 0.625. The minimum atomic E-state index is -0.992. The van der Waals surface area contributed by atoms with Crippen LogP contribution in [0.1, 0.15) is 49.8 Å². The van der Waals surface area contributed by atoms with E-state index >= 15 is 0 Å². The number of halogens is 1. The predicted octanol–water partition coefficient (Wildman–Crippen LogP) is 4.09. The van der Waals surface area contributed by atoms with Crippen molar-refractivity contribution in [3.63, 3.8) is 0 Å². The van der Waals surface area contributed by atoms with Crippen LogP contribution in [-0.2, 0) is 5.60 Å². The smallest absolute Gasteiger partial charge is 0.129 e. The highest BCUT2D eigenvalue weighted by atomic mass is 19.1. The van der Waals surface area contributed by atoms with Gasteiger partial charge in [-0.25, -0.2) is 4.39 Å². The van der Waals surface area contributed by atoms with Crippen LogP contribution < -0.4 is 0 Å². The van der Waals surface area contributed by atoms with E-state index in [0.717, 1.165) is 24.0 Å². The lowest BCUT2D eigenvalue weighted by Crippen LogP contribution is -2.40. The molecule has 0 radical (unpaired) electrons. The molecule has 0 amide bonds. The quantitative estimate of drug-likeness (QED) is 0.796. The van der Waals surface area contributed by atoms with Gasteiger partial charge in [0.15, 0.2) is 0 Å². The van der Waals surface area contributed by atoms with Crippen LogP contribution in [0.3, 0.4) is 0 Å². The van der Waals surface area contributed by atoms with Crippen molar-refractivity contribution >= 4 is 0 Å². The molecule has 0 aromatic heterocycles. The van der Waals surface area contributed by atoms with Gasteiger partial charge in [-0.05, 0) is 62.1 Å². The van der Waals surface area contributed by atoms with E-state index in [9.17, 15) is 9.50 Å². The van der Waals surface area contributed by atoms with Gasteiger partial charge in [0.2, 0.25) is 0 Å². The Hall–Kier alpha value is -0.890. The van der Waals surface area contributed by atoms with Crippen LogP contribution in [0.15, 0.2) is 12.1 Å². The lowest BCUT2D eigenvalue weighted by atomic mass is 9.68. The van der Waals surface area contributed by atoms with E-state index in [1.165, 1.54) is 6.07 Å². The predicted molar refractivity (Wildman–Crippen MR) is 71.9 cm³/mol. The first kappa shape index (κ1) is 13.5. The average Bonchev–Trinajstić information content (AvgIpc) is 2.23. The van der Waals surface area contributed by atoms with E-state index in [2.05, 4.69) is 6.92 Å². The molecule has 2 rings (SSSR count). The average molecular weight is 250 g/mol. The molecule has 1 nitrogen and oxygen atoms in total. The molecule has 0 aliphatic heterocycles. The first-order valence-electron chi connectivity index (χ1n) is 6.84. The molecule has 18 heavy (non-hydrogen) atoms. The number of aryl methyl sites for hydroxylation is 2. The summed E-state index contributed by atoms with van der Waals surface area (Å²) in [5.41, 5.74) is 1.31. The Bertz CT molecular complexity index is 431. The number of hydrogen-bond acceptors (Lipinski definition) is 1. The van der Waals surface area contributed by atoms with Gasteiger partial charge < -0.3 is 5.11 Å². The van der Waals surface area contributed by atoms with E-state index in [0.29, 0.717) is 17.9 Å². The monoisotopic (exact) mass is 250 g/mol. The Kier molecular flexibility index (Phi) is 3.50. The summed E-state index contributed by atoms with van der Waals surface area (Å²) in [6, 6.07) is 3.49. The fourth-order valence-electron chi connectivity index (χ4n) is 3.46. The molecule has 1 aromatic carbocycles. The highest BCUT2D eigenvalue weighted by Gasteiger charge is 2.42. The van der Waals surface area contributed by atoms with Crippen molar-refractivity contribution in [2.24, 2.45) is 11.8 Å². The van der Waals surface area contributed by atoms with E-state index in [4.69, 9.17) is 0 Å². The summed E-state index contributed by atoms with van der Waals surface area (Å²) in [5, 5.41) is 10.9. The molecule has 0 bridgehead atoms. The lowest BCUT2D eigenvalue weighted by Gasteiger charge is -2.42. The first-order valence-corrected chi connectivity index (χ1v) is 6.84. The zero-order chi connectivity index (χ0) is 13.5. The van der Waals surface area contributed by atoms with Gasteiger partial charge in [0.05, 0.1) is 5.60 Å². The van der Waals surface area contributed by atoms with Crippen molar-refractivity contribution in [2.75, 3.05) is 0 Å². The Labute approximate surface area is 109 Å². The molecule has 0 saturated heterocycles. The molecular weight excluding hydrogens is 227 g/mol. The molecule has 0 spiro atoms. The molecule has 1 fully saturated rings. The minimum Gasteiger partial charge on any atom is -0.385 e. The lowest BCUT2D eigenvalue weighted by molar-refractivity contribution is -0.0617. The summed E-state index contributed by atoms with van der Waals surface area (Å²) in [7, 11) is 0. The van der Waals surface area contributed by atoms with Gasteiger partial charge in [-0.3, -0.25) is 0 Å². The molecule has 0 heterocycles. The van der Waals surface area contributed by atoms with Gasteiger partial charge >= 0.3 is 0 Å². The van der Waals surface area contributed by atoms with Gasteiger partial charge in [0, 0.05) is 5.56 Å². The Morgan fingerprint density at radius 3 is 2.50 bits per heavy atom.